The van der Waals surface area contributed by atoms with Crippen LogP contribution in [0.25, 0.3) is 0 Å². The number of ether oxygens (including phenoxy) is 3. The number of benzene rings is 2. The van der Waals surface area contributed by atoms with Crippen molar-refractivity contribution in [1.29, 1.82) is 0 Å². The van der Waals surface area contributed by atoms with Gasteiger partial charge in [-0.15, -0.1) is 0 Å². The number of carbonyl (C=O) groups excluding carboxylic acids is 1. The average Bonchev–Trinajstić information content (AvgIpc) is 3.57. The number of sulfonamides is 1. The number of carbonyl (C=O) groups is 1. The van der Waals surface area contributed by atoms with E-state index in [0.717, 1.165) is 25.7 Å². The molecule has 1 amide bonds. The predicted octanol–water partition coefficient (Wildman–Crippen LogP) is 3.58. The fraction of sp³-hybridized carbons (Fsp3) is 0.409. The molecule has 168 valence electrons. The molecule has 8 nitrogen and oxygen atoms in total. The summed E-state index contributed by atoms with van der Waals surface area (Å²) in [4.78, 5) is 12.9. The molecule has 2 aromatic carbocycles. The third kappa shape index (κ3) is 5.89. The van der Waals surface area contributed by atoms with Crippen LogP contribution in [0.3, 0.4) is 0 Å². The number of hydrogen-bond donors (Lipinski definition) is 2. The van der Waals surface area contributed by atoms with Crippen molar-refractivity contribution >= 4 is 21.6 Å². The zero-order chi connectivity index (χ0) is 22.4. The molecular weight excluding hydrogens is 420 g/mol. The van der Waals surface area contributed by atoms with Gasteiger partial charge >= 0.3 is 0 Å². The Hall–Kier alpha value is -2.78. The molecule has 2 N–H and O–H groups in total. The Morgan fingerprint density at radius 2 is 1.74 bits per heavy atom. The van der Waals surface area contributed by atoms with Crippen molar-refractivity contribution in [3.05, 3.63) is 42.0 Å². The van der Waals surface area contributed by atoms with Gasteiger partial charge in [0.15, 0.2) is 11.5 Å². The van der Waals surface area contributed by atoms with E-state index in [1.54, 1.807) is 18.2 Å². The van der Waals surface area contributed by atoms with E-state index >= 15 is 0 Å². The second kappa shape index (κ2) is 10.0. The van der Waals surface area contributed by atoms with Crippen molar-refractivity contribution in [2.24, 2.45) is 0 Å². The Kier molecular flexibility index (Phi) is 7.40. The van der Waals surface area contributed by atoms with Gasteiger partial charge < -0.3 is 19.5 Å². The smallest absolute Gasteiger partial charge is 0.255 e. The highest BCUT2D eigenvalue weighted by atomic mass is 32.2. The summed E-state index contributed by atoms with van der Waals surface area (Å²) in [5.74, 6) is 0.927. The Morgan fingerprint density at radius 1 is 1.03 bits per heavy atom. The zero-order valence-electron chi connectivity index (χ0n) is 17.9. The number of unbranched alkanes of at least 4 members (excludes halogenated alkanes) is 1. The van der Waals surface area contributed by atoms with Gasteiger partial charge in [-0.3, -0.25) is 4.79 Å². The molecule has 1 fully saturated rings. The molecule has 3 rings (SSSR count). The van der Waals surface area contributed by atoms with Gasteiger partial charge in [-0.05, 0) is 55.7 Å². The van der Waals surface area contributed by atoms with Crippen LogP contribution >= 0.6 is 0 Å². The molecular formula is C22H28N2O6S. The molecule has 1 aliphatic carbocycles. The summed E-state index contributed by atoms with van der Waals surface area (Å²) in [5, 5.41) is 2.73. The molecule has 0 unspecified atom stereocenters. The van der Waals surface area contributed by atoms with Crippen LogP contribution in [0.15, 0.2) is 41.3 Å². The lowest BCUT2D eigenvalue weighted by atomic mass is 10.1. The number of amides is 1. The van der Waals surface area contributed by atoms with Crippen LogP contribution in [0.5, 0.6) is 17.2 Å². The van der Waals surface area contributed by atoms with Crippen molar-refractivity contribution in [3.63, 3.8) is 0 Å². The first-order chi connectivity index (χ1) is 14.9. The lowest BCUT2D eigenvalue weighted by Crippen LogP contribution is -2.25. The molecule has 0 atom stereocenters. The Bertz CT molecular complexity index is 1030. The molecule has 9 heteroatoms. The highest BCUT2D eigenvalue weighted by molar-refractivity contribution is 7.89. The summed E-state index contributed by atoms with van der Waals surface area (Å²) >= 11 is 0. The summed E-state index contributed by atoms with van der Waals surface area (Å²) in [6.07, 6.45) is 3.59. The summed E-state index contributed by atoms with van der Waals surface area (Å²) in [7, 11) is -0.706. The highest BCUT2D eigenvalue weighted by Gasteiger charge is 2.28. The van der Waals surface area contributed by atoms with Crippen LogP contribution in [0.2, 0.25) is 0 Å². The van der Waals surface area contributed by atoms with Crippen molar-refractivity contribution in [2.75, 3.05) is 26.1 Å². The van der Waals surface area contributed by atoms with Crippen LogP contribution in [-0.2, 0) is 10.0 Å². The van der Waals surface area contributed by atoms with Gasteiger partial charge in [0.25, 0.3) is 5.91 Å². The second-order valence-corrected chi connectivity index (χ2v) is 8.99. The highest BCUT2D eigenvalue weighted by Crippen LogP contribution is 2.31. The molecule has 2 aromatic rings. The first kappa shape index (κ1) is 22.9. The Labute approximate surface area is 182 Å². The molecule has 0 saturated heterocycles. The zero-order valence-corrected chi connectivity index (χ0v) is 18.8. The number of hydrogen-bond acceptors (Lipinski definition) is 6. The van der Waals surface area contributed by atoms with E-state index in [1.165, 1.54) is 32.4 Å². The van der Waals surface area contributed by atoms with Crippen molar-refractivity contribution in [3.8, 4) is 17.2 Å². The molecule has 31 heavy (non-hydrogen) atoms. The fourth-order valence-electron chi connectivity index (χ4n) is 2.89. The summed E-state index contributed by atoms with van der Waals surface area (Å²) in [6.45, 7) is 2.64. The number of methoxy groups -OCH3 is 2. The maximum atomic E-state index is 12.8. The number of anilines is 1. The van der Waals surface area contributed by atoms with Crippen LogP contribution in [-0.4, -0.2) is 41.2 Å². The van der Waals surface area contributed by atoms with Gasteiger partial charge in [0.1, 0.15) is 5.75 Å². The van der Waals surface area contributed by atoms with E-state index in [9.17, 15) is 13.2 Å². The third-order valence-electron chi connectivity index (χ3n) is 4.81. The fourth-order valence-corrected chi connectivity index (χ4v) is 4.22. The van der Waals surface area contributed by atoms with E-state index in [-0.39, 0.29) is 16.6 Å². The van der Waals surface area contributed by atoms with Crippen LogP contribution in [0, 0.1) is 0 Å². The minimum Gasteiger partial charge on any atom is -0.495 e. The van der Waals surface area contributed by atoms with E-state index in [2.05, 4.69) is 17.0 Å². The average molecular weight is 449 g/mol. The van der Waals surface area contributed by atoms with Crippen LogP contribution in [0.1, 0.15) is 43.0 Å². The molecule has 0 bridgehead atoms. The maximum absolute atomic E-state index is 12.8. The summed E-state index contributed by atoms with van der Waals surface area (Å²) < 4.78 is 44.0. The normalized spacial score (nSPS) is 13.5. The molecule has 0 aromatic heterocycles. The lowest BCUT2D eigenvalue weighted by Gasteiger charge is -2.14. The molecule has 0 heterocycles. The standard InChI is InChI=1S/C22H28N2O6S/c1-4-5-12-30-20-10-6-15(13-21(20)29-3)22(25)23-18-14-17(9-11-19(18)28-2)31(26,27)24-16-7-8-16/h6,9-11,13-14,16,24H,4-5,7-8,12H2,1-3H3,(H,23,25). The second-order valence-electron chi connectivity index (χ2n) is 7.28. The summed E-state index contributed by atoms with van der Waals surface area (Å²) in [6, 6.07) is 9.23. The molecule has 0 spiro atoms. The van der Waals surface area contributed by atoms with E-state index in [1.807, 2.05) is 0 Å². The predicted molar refractivity (Wildman–Crippen MR) is 118 cm³/mol. The minimum atomic E-state index is -3.67. The molecule has 0 aliphatic heterocycles. The van der Waals surface area contributed by atoms with Crippen molar-refractivity contribution in [1.82, 2.24) is 4.72 Å². The Morgan fingerprint density at radius 3 is 2.39 bits per heavy atom. The van der Waals surface area contributed by atoms with E-state index < -0.39 is 15.9 Å². The monoisotopic (exact) mass is 448 g/mol. The molecule has 1 aliphatic rings. The molecule has 1 saturated carbocycles. The first-order valence-corrected chi connectivity index (χ1v) is 11.7. The van der Waals surface area contributed by atoms with E-state index in [0.29, 0.717) is 29.4 Å². The van der Waals surface area contributed by atoms with Crippen LogP contribution < -0.4 is 24.2 Å². The molecule has 0 radical (unpaired) electrons. The summed E-state index contributed by atoms with van der Waals surface area (Å²) in [5.41, 5.74) is 0.597. The first-order valence-electron chi connectivity index (χ1n) is 10.2. The third-order valence-corrected chi connectivity index (χ3v) is 6.33. The topological polar surface area (TPSA) is 103 Å². The van der Waals surface area contributed by atoms with Gasteiger partial charge in [0.2, 0.25) is 10.0 Å². The number of rotatable bonds is 11. The van der Waals surface area contributed by atoms with Gasteiger partial charge in [-0.25, -0.2) is 13.1 Å². The Balaban J connectivity index is 1.81. The SMILES string of the molecule is CCCCOc1ccc(C(=O)Nc2cc(S(=O)(=O)NC3CC3)ccc2OC)cc1OC. The minimum absolute atomic E-state index is 0.0179. The van der Waals surface area contributed by atoms with Gasteiger partial charge in [-0.1, -0.05) is 13.3 Å². The van der Waals surface area contributed by atoms with Gasteiger partial charge in [0, 0.05) is 11.6 Å². The van der Waals surface area contributed by atoms with Gasteiger partial charge in [-0.2, -0.15) is 0 Å². The quantitative estimate of drug-likeness (QED) is 0.510. The number of nitrogens with one attached hydrogen (secondary N) is 2. The largest absolute Gasteiger partial charge is 0.495 e. The van der Waals surface area contributed by atoms with Gasteiger partial charge in [0.05, 0.1) is 31.4 Å². The maximum Gasteiger partial charge on any atom is 0.255 e. The van der Waals surface area contributed by atoms with Crippen molar-refractivity contribution in [2.45, 2.75) is 43.5 Å². The lowest BCUT2D eigenvalue weighted by molar-refractivity contribution is 0.102. The van der Waals surface area contributed by atoms with Crippen molar-refractivity contribution < 1.29 is 27.4 Å². The van der Waals surface area contributed by atoms with E-state index in [4.69, 9.17) is 14.2 Å². The van der Waals surface area contributed by atoms with Crippen LogP contribution in [0.4, 0.5) is 5.69 Å².